The number of carboxylic acid groups (broad SMARTS) is 1. The molecule has 0 spiro atoms. The molecule has 4 nitrogen and oxygen atoms in total. The van der Waals surface area contributed by atoms with Crippen LogP contribution in [0.4, 0.5) is 0 Å². The number of aliphatic carboxylic acids is 1. The summed E-state index contributed by atoms with van der Waals surface area (Å²) in [4.78, 5) is 15.8. The molecule has 0 radical (unpaired) electrons. The van der Waals surface area contributed by atoms with Crippen LogP contribution in [0.1, 0.15) is 17.1 Å². The summed E-state index contributed by atoms with van der Waals surface area (Å²) >= 11 is 1.48. The van der Waals surface area contributed by atoms with Crippen molar-refractivity contribution in [1.29, 1.82) is 0 Å². The maximum absolute atomic E-state index is 10.6. The van der Waals surface area contributed by atoms with Gasteiger partial charge in [-0.15, -0.1) is 11.3 Å². The number of thiazole rings is 1. The molecule has 0 amide bonds. The largest absolute Gasteiger partial charge is 0.481 e. The number of hydrogen-bond donors (Lipinski definition) is 1. The van der Waals surface area contributed by atoms with Crippen LogP contribution in [-0.4, -0.2) is 20.5 Å². The van der Waals surface area contributed by atoms with Gasteiger partial charge in [-0.2, -0.15) is 0 Å². The Balaban J connectivity index is 2.60. The van der Waals surface area contributed by atoms with E-state index in [0.717, 1.165) is 22.0 Å². The molecule has 0 saturated carbocycles. The number of aryl methyl sites for hydroxylation is 2. The number of aromatic nitrogens is 2. The molecular formula is C9H10N2O2S. The van der Waals surface area contributed by atoms with Crippen LogP contribution in [0.15, 0.2) is 5.38 Å². The fourth-order valence-corrected chi connectivity index (χ4v) is 2.43. The number of carbonyl (C=O) groups is 1. The highest BCUT2D eigenvalue weighted by Crippen LogP contribution is 2.20. The van der Waals surface area contributed by atoms with Crippen LogP contribution >= 0.6 is 11.3 Å². The van der Waals surface area contributed by atoms with Gasteiger partial charge in [-0.1, -0.05) is 0 Å². The topological polar surface area (TPSA) is 54.6 Å². The standard InChI is InChI=1S/C9H10N2O2S/c1-5-6(2)11-7(3-8(12)13)4-14-9(11)10-5/h4H,3H2,1-2H3,(H,12,13). The number of rotatable bonds is 2. The van der Waals surface area contributed by atoms with Crippen LogP contribution in [0, 0.1) is 13.8 Å². The summed E-state index contributed by atoms with van der Waals surface area (Å²) in [7, 11) is 0. The third kappa shape index (κ3) is 1.29. The fraction of sp³-hybridized carbons (Fsp3) is 0.333. The average molecular weight is 210 g/mol. The van der Waals surface area contributed by atoms with Gasteiger partial charge in [0.25, 0.3) is 0 Å². The normalized spacial score (nSPS) is 11.0. The third-order valence-corrected chi connectivity index (χ3v) is 3.11. The van der Waals surface area contributed by atoms with E-state index in [4.69, 9.17) is 5.11 Å². The smallest absolute Gasteiger partial charge is 0.309 e. The molecule has 0 atom stereocenters. The van der Waals surface area contributed by atoms with Crippen LogP contribution in [0.5, 0.6) is 0 Å². The quantitative estimate of drug-likeness (QED) is 0.819. The molecule has 74 valence electrons. The average Bonchev–Trinajstić information content (AvgIpc) is 2.57. The number of imidazole rings is 1. The predicted molar refractivity (Wildman–Crippen MR) is 53.9 cm³/mol. The van der Waals surface area contributed by atoms with E-state index in [-0.39, 0.29) is 6.42 Å². The second-order valence-electron chi connectivity index (χ2n) is 3.20. The van der Waals surface area contributed by atoms with Gasteiger partial charge in [0.05, 0.1) is 12.1 Å². The SMILES string of the molecule is Cc1nc2scc(CC(=O)O)n2c1C. The first-order valence-electron chi connectivity index (χ1n) is 4.23. The van der Waals surface area contributed by atoms with E-state index in [2.05, 4.69) is 4.98 Å². The molecule has 2 aromatic heterocycles. The first kappa shape index (κ1) is 9.21. The molecule has 0 aromatic carbocycles. The Morgan fingerprint density at radius 2 is 2.36 bits per heavy atom. The highest BCUT2D eigenvalue weighted by Gasteiger charge is 2.12. The fourth-order valence-electron chi connectivity index (χ4n) is 1.45. The molecular weight excluding hydrogens is 200 g/mol. The molecule has 14 heavy (non-hydrogen) atoms. The van der Waals surface area contributed by atoms with Gasteiger partial charge in [0, 0.05) is 16.8 Å². The summed E-state index contributed by atoms with van der Waals surface area (Å²) in [6.45, 7) is 3.88. The van der Waals surface area contributed by atoms with E-state index in [1.165, 1.54) is 11.3 Å². The summed E-state index contributed by atoms with van der Waals surface area (Å²) in [6, 6.07) is 0. The van der Waals surface area contributed by atoms with Gasteiger partial charge >= 0.3 is 5.97 Å². The second kappa shape index (κ2) is 3.09. The Labute approximate surface area is 84.8 Å². The van der Waals surface area contributed by atoms with E-state index in [0.29, 0.717) is 0 Å². The van der Waals surface area contributed by atoms with Crippen molar-refractivity contribution in [2.75, 3.05) is 0 Å². The zero-order chi connectivity index (χ0) is 10.3. The van der Waals surface area contributed by atoms with E-state index >= 15 is 0 Å². The van der Waals surface area contributed by atoms with Gasteiger partial charge in [0.1, 0.15) is 0 Å². The van der Waals surface area contributed by atoms with Gasteiger partial charge in [-0.05, 0) is 13.8 Å². The summed E-state index contributed by atoms with van der Waals surface area (Å²) in [6.07, 6.45) is 0.0522. The van der Waals surface area contributed by atoms with Gasteiger partial charge < -0.3 is 5.11 Å². The Morgan fingerprint density at radius 1 is 1.64 bits per heavy atom. The Kier molecular flexibility index (Phi) is 2.03. The Morgan fingerprint density at radius 3 is 3.00 bits per heavy atom. The molecule has 2 rings (SSSR count). The molecule has 0 bridgehead atoms. The summed E-state index contributed by atoms with van der Waals surface area (Å²) in [5, 5.41) is 10.6. The molecule has 2 heterocycles. The zero-order valence-corrected chi connectivity index (χ0v) is 8.76. The molecule has 5 heteroatoms. The molecule has 0 fully saturated rings. The molecule has 1 N–H and O–H groups in total. The molecule has 0 aliphatic carbocycles. The lowest BCUT2D eigenvalue weighted by molar-refractivity contribution is -0.136. The summed E-state index contributed by atoms with van der Waals surface area (Å²) in [5.74, 6) is -0.810. The maximum atomic E-state index is 10.6. The molecule has 0 aliphatic rings. The van der Waals surface area contributed by atoms with E-state index in [1.54, 1.807) is 0 Å². The van der Waals surface area contributed by atoms with E-state index in [9.17, 15) is 4.79 Å². The van der Waals surface area contributed by atoms with Gasteiger partial charge in [-0.3, -0.25) is 9.20 Å². The Bertz CT molecular complexity index is 498. The monoisotopic (exact) mass is 210 g/mol. The number of fused-ring (bicyclic) bond motifs is 1. The maximum Gasteiger partial charge on any atom is 0.309 e. The lowest BCUT2D eigenvalue weighted by Crippen LogP contribution is -2.03. The second-order valence-corrected chi connectivity index (χ2v) is 4.03. The van der Waals surface area contributed by atoms with Crippen LogP contribution in [0.2, 0.25) is 0 Å². The number of nitrogens with zero attached hydrogens (tertiary/aromatic N) is 2. The van der Waals surface area contributed by atoms with Crippen molar-refractivity contribution >= 4 is 22.3 Å². The molecule has 2 aromatic rings. The number of hydrogen-bond acceptors (Lipinski definition) is 3. The summed E-state index contributed by atoms with van der Waals surface area (Å²) < 4.78 is 1.91. The number of carboxylic acids is 1. The zero-order valence-electron chi connectivity index (χ0n) is 7.94. The first-order valence-corrected chi connectivity index (χ1v) is 5.11. The van der Waals surface area contributed by atoms with Crippen molar-refractivity contribution in [2.24, 2.45) is 0 Å². The minimum atomic E-state index is -0.810. The van der Waals surface area contributed by atoms with Crippen LogP contribution in [0.3, 0.4) is 0 Å². The first-order chi connectivity index (χ1) is 6.59. The van der Waals surface area contributed by atoms with Crippen LogP contribution in [-0.2, 0) is 11.2 Å². The van der Waals surface area contributed by atoms with Crippen LogP contribution in [0.25, 0.3) is 4.96 Å². The highest BCUT2D eigenvalue weighted by molar-refractivity contribution is 7.15. The Hall–Kier alpha value is -1.36. The van der Waals surface area contributed by atoms with Crippen molar-refractivity contribution in [1.82, 2.24) is 9.38 Å². The lowest BCUT2D eigenvalue weighted by Gasteiger charge is -1.97. The van der Waals surface area contributed by atoms with E-state index < -0.39 is 5.97 Å². The molecule has 0 aliphatic heterocycles. The van der Waals surface area contributed by atoms with Crippen LogP contribution < -0.4 is 0 Å². The molecule has 0 unspecified atom stereocenters. The van der Waals surface area contributed by atoms with Crippen molar-refractivity contribution in [2.45, 2.75) is 20.3 Å². The van der Waals surface area contributed by atoms with Crippen molar-refractivity contribution in [3.05, 3.63) is 22.5 Å². The van der Waals surface area contributed by atoms with Gasteiger partial charge in [0.2, 0.25) is 0 Å². The van der Waals surface area contributed by atoms with Crippen molar-refractivity contribution in [3.63, 3.8) is 0 Å². The molecule has 0 saturated heterocycles. The predicted octanol–water partition coefficient (Wildman–Crippen LogP) is 1.64. The van der Waals surface area contributed by atoms with Crippen molar-refractivity contribution in [3.8, 4) is 0 Å². The van der Waals surface area contributed by atoms with E-state index in [1.807, 2.05) is 23.6 Å². The lowest BCUT2D eigenvalue weighted by atomic mass is 10.3. The summed E-state index contributed by atoms with van der Waals surface area (Å²) in [5.41, 5.74) is 2.79. The minimum Gasteiger partial charge on any atom is -0.481 e. The van der Waals surface area contributed by atoms with Gasteiger partial charge in [-0.25, -0.2) is 4.98 Å². The van der Waals surface area contributed by atoms with Gasteiger partial charge in [0.15, 0.2) is 4.96 Å². The third-order valence-electron chi connectivity index (χ3n) is 2.23. The van der Waals surface area contributed by atoms with Crippen molar-refractivity contribution < 1.29 is 9.90 Å². The minimum absolute atomic E-state index is 0.0522. The highest BCUT2D eigenvalue weighted by atomic mass is 32.1.